The van der Waals surface area contributed by atoms with Crippen LogP contribution in [0, 0.1) is 0 Å². The number of hydrazine groups is 1. The van der Waals surface area contributed by atoms with Crippen molar-refractivity contribution in [1.29, 1.82) is 0 Å². The number of rotatable bonds is 4. The number of pyridine rings is 1. The van der Waals surface area contributed by atoms with Gasteiger partial charge in [-0.15, -0.1) is 0 Å². The highest BCUT2D eigenvalue weighted by molar-refractivity contribution is 6.22. The zero-order valence-electron chi connectivity index (χ0n) is 22.9. The van der Waals surface area contributed by atoms with Crippen LogP contribution < -0.4 is 10.4 Å². The van der Waals surface area contributed by atoms with Crippen molar-refractivity contribution in [2.45, 2.75) is 30.9 Å². The Morgan fingerprint density at radius 1 is 0.833 bits per heavy atom. The second kappa shape index (κ2) is 8.79. The van der Waals surface area contributed by atoms with Gasteiger partial charge in [0.05, 0.1) is 28.0 Å². The molecule has 0 radical (unpaired) electrons. The van der Waals surface area contributed by atoms with Crippen LogP contribution >= 0.6 is 0 Å². The third-order valence-corrected chi connectivity index (χ3v) is 8.69. The smallest absolute Gasteiger partial charge is 0.262 e. The summed E-state index contributed by atoms with van der Waals surface area (Å²) in [7, 11) is 0. The first kappa shape index (κ1) is 24.8. The number of hydrogen-bond acceptors (Lipinski definition) is 7. The van der Waals surface area contributed by atoms with Crippen LogP contribution in [0.2, 0.25) is 0 Å². The molecular weight excluding hydrogens is 526 g/mol. The fourth-order valence-corrected chi connectivity index (χ4v) is 6.90. The lowest BCUT2D eigenvalue weighted by Gasteiger charge is -2.55. The number of benzene rings is 3. The van der Waals surface area contributed by atoms with Gasteiger partial charge in [-0.3, -0.25) is 14.5 Å². The van der Waals surface area contributed by atoms with Crippen LogP contribution in [-0.4, -0.2) is 45.2 Å². The molecule has 8 heteroatoms. The standard InChI is InChI=1S/C34H27N5O3/c1-33(42)19-34(20-33,38-31(40)25-9-5-6-10-26(25)32(38)41)24-13-11-22(12-14-24)29-27(21-7-3-2-4-8-21)17-23-18-35-28-15-16-36-39(28)30(23)37-29/h2-15,17-18,36,42H,16,19-20H2,1H3/t33-,34-. The first-order valence-corrected chi connectivity index (χ1v) is 14.0. The summed E-state index contributed by atoms with van der Waals surface area (Å²) in [4.78, 5) is 38.2. The van der Waals surface area contributed by atoms with E-state index >= 15 is 0 Å². The summed E-state index contributed by atoms with van der Waals surface area (Å²) >= 11 is 0. The van der Waals surface area contributed by atoms with Crippen LogP contribution in [0.25, 0.3) is 22.4 Å². The zero-order valence-corrected chi connectivity index (χ0v) is 22.9. The average Bonchev–Trinajstić information content (AvgIpc) is 3.58. The Hall–Kier alpha value is -4.92. The zero-order chi connectivity index (χ0) is 28.6. The molecule has 1 fully saturated rings. The number of carbonyl (C=O) groups is 2. The predicted molar refractivity (Wildman–Crippen MR) is 160 cm³/mol. The molecule has 4 heterocycles. The first-order valence-electron chi connectivity index (χ1n) is 14.0. The summed E-state index contributed by atoms with van der Waals surface area (Å²) in [6, 6.07) is 27.1. The molecule has 0 atom stereocenters. The summed E-state index contributed by atoms with van der Waals surface area (Å²) in [6.07, 6.45) is 4.41. The third-order valence-electron chi connectivity index (χ3n) is 8.69. The summed E-state index contributed by atoms with van der Waals surface area (Å²) in [5.74, 6) is 0.969. The van der Waals surface area contributed by atoms with Crippen molar-refractivity contribution in [2.75, 3.05) is 11.6 Å². The van der Waals surface area contributed by atoms with E-state index < -0.39 is 11.1 Å². The Balaban J connectivity index is 1.23. The minimum atomic E-state index is -0.982. The van der Waals surface area contributed by atoms with Crippen molar-refractivity contribution in [3.8, 4) is 22.4 Å². The van der Waals surface area contributed by atoms with Crippen molar-refractivity contribution in [2.24, 2.45) is 4.99 Å². The van der Waals surface area contributed by atoms with E-state index in [9.17, 15) is 14.7 Å². The van der Waals surface area contributed by atoms with Crippen LogP contribution in [0.3, 0.4) is 0 Å². The number of fused-ring (bicyclic) bond motifs is 4. The molecule has 1 aromatic heterocycles. The number of hydrogen-bond donors (Lipinski definition) is 2. The summed E-state index contributed by atoms with van der Waals surface area (Å²) < 4.78 is 0. The molecule has 0 saturated heterocycles. The van der Waals surface area contributed by atoms with E-state index in [4.69, 9.17) is 4.98 Å². The molecule has 0 unspecified atom stereocenters. The molecule has 4 aliphatic rings. The second-order valence-electron chi connectivity index (χ2n) is 11.6. The number of aliphatic hydroxyl groups is 1. The highest BCUT2D eigenvalue weighted by Crippen LogP contribution is 2.54. The van der Waals surface area contributed by atoms with Gasteiger partial charge in [0.25, 0.3) is 11.8 Å². The van der Waals surface area contributed by atoms with Crippen molar-refractivity contribution >= 4 is 23.8 Å². The van der Waals surface area contributed by atoms with Crippen LogP contribution in [0.15, 0.2) is 102 Å². The molecule has 4 aromatic rings. The van der Waals surface area contributed by atoms with Crippen LogP contribution in [0.1, 0.15) is 51.6 Å². The number of amides is 2. The number of anilines is 1. The van der Waals surface area contributed by atoms with Crippen LogP contribution in [-0.2, 0) is 5.54 Å². The number of nitrogens with zero attached hydrogens (tertiary/aromatic N) is 4. The van der Waals surface area contributed by atoms with E-state index in [-0.39, 0.29) is 24.7 Å². The SMILES string of the molecule is C[C@]1(O)C[C@](c2ccc(-c3nc4c(cc3-c3ccccc3)C=NC3=CCNN34)cc2)(N2C(=O)c3ccccc3C2=O)C1. The predicted octanol–water partition coefficient (Wildman–Crippen LogP) is 5.05. The molecular formula is C34H27N5O3. The summed E-state index contributed by atoms with van der Waals surface area (Å²) in [5, 5.41) is 12.8. The van der Waals surface area contributed by atoms with Gasteiger partial charge in [0, 0.05) is 42.3 Å². The van der Waals surface area contributed by atoms with Gasteiger partial charge in [-0.2, -0.15) is 0 Å². The average molecular weight is 554 g/mol. The van der Waals surface area contributed by atoms with E-state index in [1.807, 2.05) is 59.8 Å². The Morgan fingerprint density at radius 3 is 2.17 bits per heavy atom. The second-order valence-corrected chi connectivity index (χ2v) is 11.6. The fraction of sp³-hybridized carbons (Fsp3) is 0.176. The maximum atomic E-state index is 13.5. The van der Waals surface area contributed by atoms with E-state index in [1.165, 1.54) is 4.90 Å². The van der Waals surface area contributed by atoms with Crippen molar-refractivity contribution < 1.29 is 14.7 Å². The monoisotopic (exact) mass is 553 g/mol. The summed E-state index contributed by atoms with van der Waals surface area (Å²) in [5.41, 5.74) is 7.67. The Bertz CT molecular complexity index is 1820. The minimum absolute atomic E-state index is 0.270. The molecule has 3 aliphatic heterocycles. The fourth-order valence-electron chi connectivity index (χ4n) is 6.90. The van der Waals surface area contributed by atoms with Gasteiger partial charge in [-0.1, -0.05) is 66.7 Å². The molecule has 2 amide bonds. The van der Waals surface area contributed by atoms with Gasteiger partial charge in [0.2, 0.25) is 0 Å². The number of carbonyl (C=O) groups excluding carboxylic acids is 2. The molecule has 0 bridgehead atoms. The number of nitrogens with one attached hydrogen (secondary N) is 1. The van der Waals surface area contributed by atoms with E-state index in [2.05, 4.69) is 28.6 Å². The largest absolute Gasteiger partial charge is 0.390 e. The van der Waals surface area contributed by atoms with E-state index in [1.54, 1.807) is 31.2 Å². The molecule has 8 rings (SSSR count). The number of aliphatic imine (C=N–C) groups is 1. The normalized spacial score (nSPS) is 23.8. The van der Waals surface area contributed by atoms with Gasteiger partial charge in [-0.25, -0.2) is 20.4 Å². The molecule has 1 aliphatic carbocycles. The molecule has 206 valence electrons. The number of imide groups is 1. The van der Waals surface area contributed by atoms with Gasteiger partial charge >= 0.3 is 0 Å². The van der Waals surface area contributed by atoms with Gasteiger partial charge in [-0.05, 0) is 42.3 Å². The van der Waals surface area contributed by atoms with Gasteiger partial charge < -0.3 is 5.11 Å². The quantitative estimate of drug-likeness (QED) is 0.343. The molecule has 3 aromatic carbocycles. The maximum Gasteiger partial charge on any atom is 0.262 e. The molecule has 2 N–H and O–H groups in total. The molecule has 0 spiro atoms. The Labute approximate surface area is 242 Å². The maximum absolute atomic E-state index is 13.5. The molecule has 8 nitrogen and oxygen atoms in total. The highest BCUT2D eigenvalue weighted by Gasteiger charge is 2.60. The topological polar surface area (TPSA) is 98.1 Å². The third kappa shape index (κ3) is 3.55. The highest BCUT2D eigenvalue weighted by atomic mass is 16.3. The van der Waals surface area contributed by atoms with E-state index in [0.29, 0.717) is 17.7 Å². The van der Waals surface area contributed by atoms with E-state index in [0.717, 1.165) is 45.2 Å². The van der Waals surface area contributed by atoms with Crippen LogP contribution in [0.5, 0.6) is 0 Å². The van der Waals surface area contributed by atoms with Gasteiger partial charge in [0.15, 0.2) is 5.82 Å². The lowest BCUT2D eigenvalue weighted by atomic mass is 9.61. The van der Waals surface area contributed by atoms with Crippen LogP contribution in [0.4, 0.5) is 5.82 Å². The van der Waals surface area contributed by atoms with Crippen molar-refractivity contribution in [1.82, 2.24) is 15.3 Å². The Kier molecular flexibility index (Phi) is 5.20. The summed E-state index contributed by atoms with van der Waals surface area (Å²) in [6.45, 7) is 2.43. The lowest BCUT2D eigenvalue weighted by molar-refractivity contribution is -0.118. The first-order chi connectivity index (χ1) is 20.3. The Morgan fingerprint density at radius 2 is 1.50 bits per heavy atom. The minimum Gasteiger partial charge on any atom is -0.390 e. The molecule has 1 saturated carbocycles. The number of aromatic nitrogens is 1. The lowest BCUT2D eigenvalue weighted by Crippen LogP contribution is -2.63. The van der Waals surface area contributed by atoms with Crippen molar-refractivity contribution in [3.05, 3.63) is 119 Å². The van der Waals surface area contributed by atoms with Crippen molar-refractivity contribution in [3.63, 3.8) is 0 Å². The molecule has 42 heavy (non-hydrogen) atoms. The van der Waals surface area contributed by atoms with Gasteiger partial charge in [0.1, 0.15) is 5.82 Å².